The van der Waals surface area contributed by atoms with Gasteiger partial charge in [0.15, 0.2) is 5.15 Å². The molecule has 0 atom stereocenters. The van der Waals surface area contributed by atoms with Gasteiger partial charge in [-0.2, -0.15) is 0 Å². The summed E-state index contributed by atoms with van der Waals surface area (Å²) in [6.07, 6.45) is 3.94. The smallest absolute Gasteiger partial charge is 0.238 e. The Bertz CT molecular complexity index is 416. The summed E-state index contributed by atoms with van der Waals surface area (Å²) in [4.78, 5) is 18.0. The molecule has 5 heteroatoms. The Hall–Kier alpha value is -1.13. The number of anilines is 1. The maximum absolute atomic E-state index is 11.9. The molecule has 0 unspecified atom stereocenters. The molecule has 1 saturated heterocycles. The van der Waals surface area contributed by atoms with Gasteiger partial charge in [-0.15, -0.1) is 0 Å². The van der Waals surface area contributed by atoms with Gasteiger partial charge in [-0.3, -0.25) is 9.69 Å². The van der Waals surface area contributed by atoms with Crippen LogP contribution in [0.3, 0.4) is 0 Å². The van der Waals surface area contributed by atoms with Gasteiger partial charge in [0.25, 0.3) is 0 Å². The fraction of sp³-hybridized carbons (Fsp3) is 0.538. The highest BCUT2D eigenvalue weighted by atomic mass is 35.5. The van der Waals surface area contributed by atoms with E-state index >= 15 is 0 Å². The highest BCUT2D eigenvalue weighted by Crippen LogP contribution is 2.18. The summed E-state index contributed by atoms with van der Waals surface area (Å²) >= 11 is 5.89. The first-order valence-corrected chi connectivity index (χ1v) is 6.65. The van der Waals surface area contributed by atoms with Gasteiger partial charge in [0.1, 0.15) is 0 Å². The zero-order valence-corrected chi connectivity index (χ0v) is 11.3. The number of carbonyl (C=O) groups is 1. The van der Waals surface area contributed by atoms with E-state index in [1.165, 1.54) is 12.8 Å². The van der Waals surface area contributed by atoms with Gasteiger partial charge in [-0.25, -0.2) is 4.98 Å². The minimum Gasteiger partial charge on any atom is -0.322 e. The van der Waals surface area contributed by atoms with Crippen LogP contribution in [0.25, 0.3) is 0 Å². The Morgan fingerprint density at radius 3 is 2.94 bits per heavy atom. The summed E-state index contributed by atoms with van der Waals surface area (Å²) in [5.41, 5.74) is 0.578. The van der Waals surface area contributed by atoms with Crippen LogP contribution in [0.4, 0.5) is 5.69 Å². The van der Waals surface area contributed by atoms with Crippen molar-refractivity contribution in [2.45, 2.75) is 19.8 Å². The van der Waals surface area contributed by atoms with Crippen molar-refractivity contribution >= 4 is 23.2 Å². The van der Waals surface area contributed by atoms with E-state index in [1.807, 2.05) is 0 Å². The van der Waals surface area contributed by atoms with Crippen LogP contribution in [0.2, 0.25) is 5.15 Å². The molecule has 1 fully saturated rings. The van der Waals surface area contributed by atoms with Crippen LogP contribution in [0.5, 0.6) is 0 Å². The van der Waals surface area contributed by atoms with E-state index in [1.54, 1.807) is 18.3 Å². The molecule has 0 aromatic carbocycles. The fourth-order valence-electron chi connectivity index (χ4n) is 2.09. The number of carbonyl (C=O) groups excluding carboxylic acids is 1. The Balaban J connectivity index is 1.84. The van der Waals surface area contributed by atoms with Gasteiger partial charge >= 0.3 is 0 Å². The minimum absolute atomic E-state index is 0.0283. The zero-order chi connectivity index (χ0) is 13.0. The van der Waals surface area contributed by atoms with Crippen LogP contribution < -0.4 is 5.32 Å². The van der Waals surface area contributed by atoms with E-state index in [0.29, 0.717) is 17.4 Å². The second-order valence-corrected chi connectivity index (χ2v) is 5.21. The van der Waals surface area contributed by atoms with Crippen molar-refractivity contribution in [2.75, 3.05) is 25.0 Å². The summed E-state index contributed by atoms with van der Waals surface area (Å²) in [7, 11) is 0. The van der Waals surface area contributed by atoms with Crippen molar-refractivity contribution in [3.63, 3.8) is 0 Å². The maximum Gasteiger partial charge on any atom is 0.238 e. The summed E-state index contributed by atoms with van der Waals surface area (Å²) in [5.74, 6) is 0.747. The SMILES string of the molecule is CC1CCN(CC(=O)Nc2cccnc2Cl)CC1. The molecule has 1 aromatic heterocycles. The number of rotatable bonds is 3. The number of pyridine rings is 1. The van der Waals surface area contributed by atoms with Crippen LogP contribution in [0.15, 0.2) is 18.3 Å². The highest BCUT2D eigenvalue weighted by Gasteiger charge is 2.18. The number of piperidine rings is 1. The molecular formula is C13H18ClN3O. The number of hydrogen-bond acceptors (Lipinski definition) is 3. The van der Waals surface area contributed by atoms with E-state index in [0.717, 1.165) is 19.0 Å². The van der Waals surface area contributed by atoms with Crippen LogP contribution in [0, 0.1) is 5.92 Å². The lowest BCUT2D eigenvalue weighted by molar-refractivity contribution is -0.117. The Kier molecular flexibility index (Phi) is 4.55. The predicted molar refractivity (Wildman–Crippen MR) is 72.7 cm³/mol. The molecule has 1 aliphatic heterocycles. The lowest BCUT2D eigenvalue weighted by atomic mass is 9.99. The molecule has 98 valence electrons. The van der Waals surface area contributed by atoms with Gasteiger partial charge in [-0.05, 0) is 44.0 Å². The third-order valence-electron chi connectivity index (χ3n) is 3.28. The number of hydrogen-bond donors (Lipinski definition) is 1. The van der Waals surface area contributed by atoms with E-state index in [9.17, 15) is 4.79 Å². The second-order valence-electron chi connectivity index (χ2n) is 4.85. The third-order valence-corrected chi connectivity index (χ3v) is 3.58. The summed E-state index contributed by atoms with van der Waals surface area (Å²) < 4.78 is 0. The van der Waals surface area contributed by atoms with Crippen LogP contribution in [0.1, 0.15) is 19.8 Å². The van der Waals surface area contributed by atoms with Gasteiger partial charge in [0, 0.05) is 6.20 Å². The first-order valence-electron chi connectivity index (χ1n) is 6.28. The average Bonchev–Trinajstić information content (AvgIpc) is 2.35. The lowest BCUT2D eigenvalue weighted by Gasteiger charge is -2.29. The monoisotopic (exact) mass is 267 g/mol. The second kappa shape index (κ2) is 6.16. The zero-order valence-electron chi connectivity index (χ0n) is 10.5. The number of aromatic nitrogens is 1. The van der Waals surface area contributed by atoms with Gasteiger partial charge in [0.05, 0.1) is 12.2 Å². The average molecular weight is 268 g/mol. The Labute approximate surface area is 112 Å². The minimum atomic E-state index is -0.0283. The third kappa shape index (κ3) is 3.68. The van der Waals surface area contributed by atoms with E-state index in [2.05, 4.69) is 22.1 Å². The fourth-order valence-corrected chi connectivity index (χ4v) is 2.26. The van der Waals surface area contributed by atoms with Crippen molar-refractivity contribution in [1.82, 2.24) is 9.88 Å². The molecule has 0 radical (unpaired) electrons. The van der Waals surface area contributed by atoms with Crippen molar-refractivity contribution in [3.05, 3.63) is 23.5 Å². The molecule has 0 spiro atoms. The van der Waals surface area contributed by atoms with Crippen molar-refractivity contribution in [2.24, 2.45) is 5.92 Å². The van der Waals surface area contributed by atoms with E-state index in [4.69, 9.17) is 11.6 Å². The molecule has 2 rings (SSSR count). The first-order chi connectivity index (χ1) is 8.65. The molecule has 1 aliphatic rings. The normalized spacial score (nSPS) is 17.7. The topological polar surface area (TPSA) is 45.2 Å². The van der Waals surface area contributed by atoms with Crippen molar-refractivity contribution in [1.29, 1.82) is 0 Å². The molecule has 1 amide bonds. The molecular weight excluding hydrogens is 250 g/mol. The largest absolute Gasteiger partial charge is 0.322 e. The summed E-state index contributed by atoms with van der Waals surface area (Å²) in [6.45, 7) is 4.68. The summed E-state index contributed by atoms with van der Waals surface area (Å²) in [5, 5.41) is 3.13. The Morgan fingerprint density at radius 1 is 1.56 bits per heavy atom. The molecule has 1 aromatic rings. The van der Waals surface area contributed by atoms with Gasteiger partial charge in [0.2, 0.25) is 5.91 Å². The number of amides is 1. The highest BCUT2D eigenvalue weighted by molar-refractivity contribution is 6.32. The number of halogens is 1. The molecule has 0 aliphatic carbocycles. The number of nitrogens with zero attached hydrogens (tertiary/aromatic N) is 2. The van der Waals surface area contributed by atoms with E-state index in [-0.39, 0.29) is 5.91 Å². The molecule has 1 N–H and O–H groups in total. The van der Waals surface area contributed by atoms with Crippen molar-refractivity contribution in [3.8, 4) is 0 Å². The molecule has 2 heterocycles. The Morgan fingerprint density at radius 2 is 2.28 bits per heavy atom. The first kappa shape index (κ1) is 13.3. The van der Waals surface area contributed by atoms with Crippen LogP contribution in [-0.4, -0.2) is 35.4 Å². The van der Waals surface area contributed by atoms with Crippen LogP contribution in [-0.2, 0) is 4.79 Å². The quantitative estimate of drug-likeness (QED) is 0.856. The van der Waals surface area contributed by atoms with Gasteiger partial charge < -0.3 is 5.32 Å². The lowest BCUT2D eigenvalue weighted by Crippen LogP contribution is -2.38. The number of nitrogens with one attached hydrogen (secondary N) is 1. The standard InChI is InChI=1S/C13H18ClN3O/c1-10-4-7-17(8-5-10)9-12(18)16-11-3-2-6-15-13(11)14/h2-3,6,10H,4-5,7-9H2,1H3,(H,16,18). The predicted octanol–water partition coefficient (Wildman–Crippen LogP) is 2.41. The molecule has 0 bridgehead atoms. The van der Waals surface area contributed by atoms with Gasteiger partial charge in [-0.1, -0.05) is 18.5 Å². The number of likely N-dealkylation sites (tertiary alicyclic amines) is 1. The van der Waals surface area contributed by atoms with Crippen molar-refractivity contribution < 1.29 is 4.79 Å². The summed E-state index contributed by atoms with van der Waals surface area (Å²) in [6, 6.07) is 3.51. The van der Waals surface area contributed by atoms with E-state index < -0.39 is 0 Å². The maximum atomic E-state index is 11.9. The molecule has 4 nitrogen and oxygen atoms in total. The molecule has 0 saturated carbocycles. The van der Waals surface area contributed by atoms with Crippen LogP contribution >= 0.6 is 11.6 Å². The molecule has 18 heavy (non-hydrogen) atoms.